The molecule has 3 nitrogen and oxygen atoms in total. The van der Waals surface area contributed by atoms with Crippen LogP contribution in [0.25, 0.3) is 0 Å². The van der Waals surface area contributed by atoms with Crippen LogP contribution < -0.4 is 10.5 Å². The van der Waals surface area contributed by atoms with E-state index >= 15 is 0 Å². The Morgan fingerprint density at radius 3 is 2.57 bits per heavy atom. The number of nitrogens with two attached hydrogens (primary N) is 1. The highest BCUT2D eigenvalue weighted by atomic mass is 19.1. The van der Waals surface area contributed by atoms with E-state index in [0.29, 0.717) is 25.2 Å². The first-order valence-corrected chi connectivity index (χ1v) is 4.35. The molecule has 0 aliphatic carbocycles. The smallest absolute Gasteiger partial charge is 0.217 e. The Morgan fingerprint density at radius 1 is 1.36 bits per heavy atom. The van der Waals surface area contributed by atoms with Crippen LogP contribution in [0.15, 0.2) is 24.3 Å². The van der Waals surface area contributed by atoms with Crippen molar-refractivity contribution in [3.05, 3.63) is 30.1 Å². The van der Waals surface area contributed by atoms with Gasteiger partial charge in [0.15, 0.2) is 0 Å². The standard InChI is InChI=1S/C10H12FNO2/c11-8-3-5-9(6-4-8)14-7-1-2-10(12)13/h3-6H,1-2,7H2,(H2,12,13). The molecule has 2 N–H and O–H groups in total. The Morgan fingerprint density at radius 2 is 2.00 bits per heavy atom. The van der Waals surface area contributed by atoms with Gasteiger partial charge in [-0.05, 0) is 30.7 Å². The molecule has 0 radical (unpaired) electrons. The second-order valence-electron chi connectivity index (χ2n) is 2.87. The van der Waals surface area contributed by atoms with Gasteiger partial charge < -0.3 is 10.5 Å². The number of halogens is 1. The van der Waals surface area contributed by atoms with Crippen molar-refractivity contribution in [1.29, 1.82) is 0 Å². The molecule has 1 amide bonds. The minimum absolute atomic E-state index is 0.297. The molecule has 1 rings (SSSR count). The molecule has 1 aromatic rings. The molecule has 14 heavy (non-hydrogen) atoms. The zero-order chi connectivity index (χ0) is 10.4. The third kappa shape index (κ3) is 3.89. The monoisotopic (exact) mass is 197 g/mol. The lowest BCUT2D eigenvalue weighted by atomic mass is 10.3. The number of benzene rings is 1. The van der Waals surface area contributed by atoms with E-state index < -0.39 is 0 Å². The third-order valence-corrected chi connectivity index (χ3v) is 1.65. The van der Waals surface area contributed by atoms with Gasteiger partial charge in [0.1, 0.15) is 11.6 Å². The number of primary amides is 1. The van der Waals surface area contributed by atoms with E-state index in [9.17, 15) is 9.18 Å². The van der Waals surface area contributed by atoms with Crippen LogP contribution in [-0.2, 0) is 4.79 Å². The fraction of sp³-hybridized carbons (Fsp3) is 0.300. The van der Waals surface area contributed by atoms with Gasteiger partial charge in [-0.2, -0.15) is 0 Å². The van der Waals surface area contributed by atoms with Gasteiger partial charge in [0.05, 0.1) is 6.61 Å². The Hall–Kier alpha value is -1.58. The van der Waals surface area contributed by atoms with E-state index in [1.165, 1.54) is 12.1 Å². The minimum Gasteiger partial charge on any atom is -0.494 e. The topological polar surface area (TPSA) is 52.3 Å². The quantitative estimate of drug-likeness (QED) is 0.727. The van der Waals surface area contributed by atoms with Gasteiger partial charge in [-0.25, -0.2) is 4.39 Å². The highest BCUT2D eigenvalue weighted by Crippen LogP contribution is 2.11. The number of carbonyl (C=O) groups excluding carboxylic acids is 1. The van der Waals surface area contributed by atoms with E-state index in [2.05, 4.69) is 0 Å². The van der Waals surface area contributed by atoms with Crippen LogP contribution in [0.2, 0.25) is 0 Å². The van der Waals surface area contributed by atoms with Crippen molar-refractivity contribution in [2.24, 2.45) is 5.73 Å². The highest BCUT2D eigenvalue weighted by Gasteiger charge is 1.96. The molecule has 0 unspecified atom stereocenters. The molecular weight excluding hydrogens is 185 g/mol. The lowest BCUT2D eigenvalue weighted by molar-refractivity contribution is -0.118. The van der Waals surface area contributed by atoms with Gasteiger partial charge in [0.2, 0.25) is 5.91 Å². The summed E-state index contributed by atoms with van der Waals surface area (Å²) in [6.07, 6.45) is 0.883. The minimum atomic E-state index is -0.340. The van der Waals surface area contributed by atoms with Gasteiger partial charge >= 0.3 is 0 Å². The predicted octanol–water partition coefficient (Wildman–Crippen LogP) is 1.47. The average molecular weight is 197 g/mol. The number of rotatable bonds is 5. The van der Waals surface area contributed by atoms with Crippen LogP contribution in [0, 0.1) is 5.82 Å². The predicted molar refractivity (Wildman–Crippen MR) is 50.3 cm³/mol. The first-order chi connectivity index (χ1) is 6.68. The van der Waals surface area contributed by atoms with Crippen molar-refractivity contribution in [3.8, 4) is 5.75 Å². The van der Waals surface area contributed by atoms with Crippen molar-refractivity contribution in [3.63, 3.8) is 0 Å². The van der Waals surface area contributed by atoms with Gasteiger partial charge in [0, 0.05) is 6.42 Å². The first-order valence-electron chi connectivity index (χ1n) is 4.35. The van der Waals surface area contributed by atoms with E-state index in [1.807, 2.05) is 0 Å². The molecule has 0 spiro atoms. The van der Waals surface area contributed by atoms with E-state index in [0.717, 1.165) is 0 Å². The molecule has 0 aliphatic heterocycles. The highest BCUT2D eigenvalue weighted by molar-refractivity contribution is 5.73. The number of amides is 1. The maximum atomic E-state index is 12.5. The normalized spacial score (nSPS) is 9.79. The summed E-state index contributed by atoms with van der Waals surface area (Å²) >= 11 is 0. The molecule has 0 aromatic heterocycles. The Balaban J connectivity index is 2.25. The molecule has 0 bridgehead atoms. The molecular formula is C10H12FNO2. The summed E-state index contributed by atoms with van der Waals surface area (Å²) in [6.45, 7) is 0.411. The summed E-state index contributed by atoms with van der Waals surface area (Å²) in [4.78, 5) is 10.4. The van der Waals surface area contributed by atoms with Crippen LogP contribution in [0.1, 0.15) is 12.8 Å². The largest absolute Gasteiger partial charge is 0.494 e. The molecule has 0 aliphatic rings. The molecule has 1 aromatic carbocycles. The van der Waals surface area contributed by atoms with Crippen molar-refractivity contribution >= 4 is 5.91 Å². The van der Waals surface area contributed by atoms with Gasteiger partial charge in [0.25, 0.3) is 0 Å². The zero-order valence-corrected chi connectivity index (χ0v) is 7.70. The molecule has 0 heterocycles. The molecule has 76 valence electrons. The van der Waals surface area contributed by atoms with Gasteiger partial charge in [-0.15, -0.1) is 0 Å². The number of carbonyl (C=O) groups is 1. The molecule has 0 atom stereocenters. The second-order valence-corrected chi connectivity index (χ2v) is 2.87. The second kappa shape index (κ2) is 5.21. The summed E-state index contributed by atoms with van der Waals surface area (Å²) in [5, 5.41) is 0. The number of hydrogen-bond donors (Lipinski definition) is 1. The Bertz CT molecular complexity index is 297. The Labute approximate surface area is 81.7 Å². The fourth-order valence-corrected chi connectivity index (χ4v) is 0.967. The van der Waals surface area contributed by atoms with E-state index in [1.54, 1.807) is 12.1 Å². The first kappa shape index (κ1) is 10.5. The zero-order valence-electron chi connectivity index (χ0n) is 7.70. The summed E-state index contributed by atoms with van der Waals surface area (Å²) in [7, 11) is 0. The van der Waals surface area contributed by atoms with E-state index in [4.69, 9.17) is 10.5 Å². The van der Waals surface area contributed by atoms with Crippen LogP contribution in [0.5, 0.6) is 5.75 Å². The number of ether oxygens (including phenoxy) is 1. The summed E-state index contributed by atoms with van der Waals surface area (Å²) in [6, 6.07) is 5.73. The third-order valence-electron chi connectivity index (χ3n) is 1.65. The SMILES string of the molecule is NC(=O)CCCOc1ccc(F)cc1. The van der Waals surface area contributed by atoms with Crippen molar-refractivity contribution < 1.29 is 13.9 Å². The fourth-order valence-electron chi connectivity index (χ4n) is 0.967. The maximum absolute atomic E-state index is 12.5. The molecule has 0 saturated heterocycles. The van der Waals surface area contributed by atoms with Crippen molar-refractivity contribution in [2.75, 3.05) is 6.61 Å². The maximum Gasteiger partial charge on any atom is 0.217 e. The van der Waals surface area contributed by atoms with Crippen LogP contribution in [0.3, 0.4) is 0 Å². The summed E-state index contributed by atoms with van der Waals surface area (Å²) < 4.78 is 17.7. The van der Waals surface area contributed by atoms with Crippen LogP contribution in [-0.4, -0.2) is 12.5 Å². The Kier molecular flexibility index (Phi) is 3.91. The summed E-state index contributed by atoms with van der Waals surface area (Å²) in [5.41, 5.74) is 4.95. The van der Waals surface area contributed by atoms with Crippen molar-refractivity contribution in [2.45, 2.75) is 12.8 Å². The lowest BCUT2D eigenvalue weighted by Gasteiger charge is -2.04. The van der Waals surface area contributed by atoms with Crippen LogP contribution in [0.4, 0.5) is 4.39 Å². The van der Waals surface area contributed by atoms with Crippen molar-refractivity contribution in [1.82, 2.24) is 0 Å². The van der Waals surface area contributed by atoms with Crippen LogP contribution >= 0.6 is 0 Å². The van der Waals surface area contributed by atoms with Gasteiger partial charge in [-0.1, -0.05) is 0 Å². The lowest BCUT2D eigenvalue weighted by Crippen LogP contribution is -2.11. The summed E-state index contributed by atoms with van der Waals surface area (Å²) in [5.74, 6) is -0.0435. The number of hydrogen-bond acceptors (Lipinski definition) is 2. The molecule has 4 heteroatoms. The average Bonchev–Trinajstić information content (AvgIpc) is 2.15. The molecule has 0 fully saturated rings. The van der Waals surface area contributed by atoms with E-state index in [-0.39, 0.29) is 11.7 Å². The van der Waals surface area contributed by atoms with Gasteiger partial charge in [-0.3, -0.25) is 4.79 Å². The molecule has 0 saturated carbocycles.